The minimum absolute atomic E-state index is 0.00584. The molecule has 1 aromatic carbocycles. The molecule has 2 aromatic rings. The predicted octanol–water partition coefficient (Wildman–Crippen LogP) is 3.08. The zero-order valence-corrected chi connectivity index (χ0v) is 13.8. The van der Waals surface area contributed by atoms with E-state index in [4.69, 9.17) is 20.8 Å². The molecule has 1 aliphatic heterocycles. The second-order valence-corrected chi connectivity index (χ2v) is 7.82. The van der Waals surface area contributed by atoms with Crippen molar-refractivity contribution in [2.24, 2.45) is 0 Å². The Morgan fingerprint density at radius 3 is 2.86 bits per heavy atom. The largest absolute Gasteiger partial charge is 0.489 e. The summed E-state index contributed by atoms with van der Waals surface area (Å²) in [5.41, 5.74) is 0.824. The van der Waals surface area contributed by atoms with Crippen molar-refractivity contribution in [2.45, 2.75) is 30.9 Å². The summed E-state index contributed by atoms with van der Waals surface area (Å²) in [6.07, 6.45) is 2.17. The Kier molecular flexibility index (Phi) is 3.92. The van der Waals surface area contributed by atoms with Gasteiger partial charge in [0.15, 0.2) is 0 Å². The van der Waals surface area contributed by atoms with Crippen LogP contribution in [0.15, 0.2) is 39.8 Å². The van der Waals surface area contributed by atoms with Gasteiger partial charge in [-0.2, -0.15) is 4.31 Å². The number of sulfonamides is 1. The molecule has 0 saturated carbocycles. The van der Waals surface area contributed by atoms with Crippen LogP contribution in [-0.4, -0.2) is 25.9 Å². The molecule has 1 atom stereocenters. The number of benzene rings is 1. The highest BCUT2D eigenvalue weighted by Crippen LogP contribution is 2.38. The number of ether oxygens (including phenoxy) is 1. The van der Waals surface area contributed by atoms with Gasteiger partial charge in [-0.25, -0.2) is 8.42 Å². The van der Waals surface area contributed by atoms with E-state index in [0.717, 1.165) is 5.56 Å². The van der Waals surface area contributed by atoms with Crippen molar-refractivity contribution in [3.8, 4) is 5.75 Å². The predicted molar refractivity (Wildman–Crippen MR) is 82.6 cm³/mol. The van der Waals surface area contributed by atoms with E-state index in [-0.39, 0.29) is 17.5 Å². The molecule has 0 N–H and O–H groups in total. The SMILES string of the molecule is CC1Cc2cc(S(=O)(=O)N(C)Cc3ccco3)cc(Cl)c2O1. The lowest BCUT2D eigenvalue weighted by Crippen LogP contribution is -2.26. The van der Waals surface area contributed by atoms with E-state index < -0.39 is 10.0 Å². The lowest BCUT2D eigenvalue weighted by molar-refractivity contribution is 0.255. The molecule has 7 heteroatoms. The number of furan rings is 1. The average Bonchev–Trinajstić information content (AvgIpc) is 3.07. The Morgan fingerprint density at radius 2 is 2.18 bits per heavy atom. The molecular weight excluding hydrogens is 326 g/mol. The number of hydrogen-bond donors (Lipinski definition) is 0. The average molecular weight is 342 g/mol. The van der Waals surface area contributed by atoms with E-state index in [9.17, 15) is 8.42 Å². The maximum absolute atomic E-state index is 12.7. The highest BCUT2D eigenvalue weighted by atomic mass is 35.5. The van der Waals surface area contributed by atoms with Crippen molar-refractivity contribution >= 4 is 21.6 Å². The van der Waals surface area contributed by atoms with Crippen molar-refractivity contribution in [3.63, 3.8) is 0 Å². The summed E-state index contributed by atoms with van der Waals surface area (Å²) in [7, 11) is -2.13. The molecule has 22 heavy (non-hydrogen) atoms. The molecule has 1 aliphatic rings. The molecule has 5 nitrogen and oxygen atoms in total. The smallest absolute Gasteiger partial charge is 0.243 e. The molecule has 0 radical (unpaired) electrons. The van der Waals surface area contributed by atoms with Crippen LogP contribution in [0.4, 0.5) is 0 Å². The van der Waals surface area contributed by atoms with Gasteiger partial charge in [-0.3, -0.25) is 0 Å². The Morgan fingerprint density at radius 1 is 1.41 bits per heavy atom. The quantitative estimate of drug-likeness (QED) is 0.857. The zero-order valence-electron chi connectivity index (χ0n) is 12.2. The van der Waals surface area contributed by atoms with Crippen LogP contribution < -0.4 is 4.74 Å². The Labute approximate surface area is 134 Å². The molecule has 0 fully saturated rings. The Hall–Kier alpha value is -1.50. The van der Waals surface area contributed by atoms with E-state index in [2.05, 4.69) is 0 Å². The zero-order chi connectivity index (χ0) is 15.9. The third-order valence-electron chi connectivity index (χ3n) is 3.59. The van der Waals surface area contributed by atoms with Crippen LogP contribution in [0.3, 0.4) is 0 Å². The maximum Gasteiger partial charge on any atom is 0.243 e. The molecule has 2 heterocycles. The van der Waals surface area contributed by atoms with E-state index in [1.54, 1.807) is 18.2 Å². The van der Waals surface area contributed by atoms with E-state index in [1.165, 1.54) is 23.7 Å². The second-order valence-electron chi connectivity index (χ2n) is 5.37. The van der Waals surface area contributed by atoms with Crippen LogP contribution in [0.2, 0.25) is 5.02 Å². The van der Waals surface area contributed by atoms with Gasteiger partial charge in [-0.15, -0.1) is 0 Å². The third-order valence-corrected chi connectivity index (χ3v) is 5.65. The number of nitrogens with zero attached hydrogens (tertiary/aromatic N) is 1. The molecule has 0 aliphatic carbocycles. The number of rotatable bonds is 4. The highest BCUT2D eigenvalue weighted by molar-refractivity contribution is 7.89. The first kappa shape index (κ1) is 15.4. The van der Waals surface area contributed by atoms with Gasteiger partial charge in [-0.05, 0) is 31.2 Å². The lowest BCUT2D eigenvalue weighted by Gasteiger charge is -2.17. The molecule has 1 unspecified atom stereocenters. The summed E-state index contributed by atoms with van der Waals surface area (Å²) < 4.78 is 37.4. The van der Waals surface area contributed by atoms with Gasteiger partial charge in [0.1, 0.15) is 17.6 Å². The van der Waals surface area contributed by atoms with Gasteiger partial charge in [0.25, 0.3) is 0 Å². The Bertz CT molecular complexity index is 786. The van der Waals surface area contributed by atoms with Crippen molar-refractivity contribution in [2.75, 3.05) is 7.05 Å². The van der Waals surface area contributed by atoms with E-state index in [0.29, 0.717) is 23.0 Å². The summed E-state index contributed by atoms with van der Waals surface area (Å²) in [4.78, 5) is 0.169. The number of fused-ring (bicyclic) bond motifs is 1. The molecule has 0 amide bonds. The molecular formula is C15H16ClNO4S. The number of hydrogen-bond acceptors (Lipinski definition) is 4. The van der Waals surface area contributed by atoms with Crippen LogP contribution in [0.1, 0.15) is 18.2 Å². The van der Waals surface area contributed by atoms with Gasteiger partial charge < -0.3 is 9.15 Å². The van der Waals surface area contributed by atoms with Gasteiger partial charge in [0, 0.05) is 19.0 Å². The van der Waals surface area contributed by atoms with E-state index >= 15 is 0 Å². The monoisotopic (exact) mass is 341 g/mol. The summed E-state index contributed by atoms with van der Waals surface area (Å²) in [5, 5.41) is 0.326. The van der Waals surface area contributed by atoms with Gasteiger partial charge in [0.05, 0.1) is 22.7 Å². The molecule has 0 saturated heterocycles. The normalized spacial score (nSPS) is 17.5. The lowest BCUT2D eigenvalue weighted by atomic mass is 10.1. The molecule has 118 valence electrons. The fraction of sp³-hybridized carbons (Fsp3) is 0.333. The minimum Gasteiger partial charge on any atom is -0.489 e. The van der Waals surface area contributed by atoms with Crippen LogP contribution in [0.25, 0.3) is 0 Å². The van der Waals surface area contributed by atoms with Crippen molar-refractivity contribution in [3.05, 3.63) is 46.9 Å². The van der Waals surface area contributed by atoms with E-state index in [1.807, 2.05) is 6.92 Å². The standard InChI is InChI=1S/C15H16ClNO4S/c1-10-6-11-7-13(8-14(16)15(11)21-10)22(18,19)17(2)9-12-4-3-5-20-12/h3-5,7-8,10H,6,9H2,1-2H3. The van der Waals surface area contributed by atoms with Crippen LogP contribution in [-0.2, 0) is 23.0 Å². The highest BCUT2D eigenvalue weighted by Gasteiger charge is 2.28. The van der Waals surface area contributed by atoms with Gasteiger partial charge >= 0.3 is 0 Å². The van der Waals surface area contributed by atoms with Gasteiger partial charge in [0.2, 0.25) is 10.0 Å². The first-order valence-electron chi connectivity index (χ1n) is 6.85. The summed E-state index contributed by atoms with van der Waals surface area (Å²) >= 11 is 6.17. The maximum atomic E-state index is 12.7. The molecule has 1 aromatic heterocycles. The van der Waals surface area contributed by atoms with Crippen LogP contribution in [0, 0.1) is 0 Å². The van der Waals surface area contributed by atoms with Crippen molar-refractivity contribution in [1.29, 1.82) is 0 Å². The first-order valence-corrected chi connectivity index (χ1v) is 8.67. The fourth-order valence-electron chi connectivity index (χ4n) is 2.49. The van der Waals surface area contributed by atoms with Crippen molar-refractivity contribution in [1.82, 2.24) is 4.31 Å². The molecule has 3 rings (SSSR count). The summed E-state index contributed by atoms with van der Waals surface area (Å²) in [6, 6.07) is 6.53. The topological polar surface area (TPSA) is 59.8 Å². The minimum atomic E-state index is -3.64. The first-order chi connectivity index (χ1) is 10.4. The van der Waals surface area contributed by atoms with Gasteiger partial charge in [-0.1, -0.05) is 11.6 Å². The summed E-state index contributed by atoms with van der Waals surface area (Å²) in [6.45, 7) is 2.09. The van der Waals surface area contributed by atoms with Crippen LogP contribution >= 0.6 is 11.6 Å². The van der Waals surface area contributed by atoms with Crippen molar-refractivity contribution < 1.29 is 17.6 Å². The molecule has 0 spiro atoms. The fourth-order valence-corrected chi connectivity index (χ4v) is 4.06. The number of halogens is 1. The third kappa shape index (κ3) is 2.74. The second kappa shape index (κ2) is 5.61. The molecule has 0 bridgehead atoms. The Balaban J connectivity index is 1.93. The van der Waals surface area contributed by atoms with Crippen LogP contribution in [0.5, 0.6) is 5.75 Å². The summed E-state index contributed by atoms with van der Waals surface area (Å²) in [5.74, 6) is 1.16.